The lowest BCUT2D eigenvalue weighted by atomic mass is 9.87. The van der Waals surface area contributed by atoms with Crippen LogP contribution in [-0.2, 0) is 47.7 Å². The summed E-state index contributed by atoms with van der Waals surface area (Å²) >= 11 is 3.27. The molecule has 0 aliphatic heterocycles. The summed E-state index contributed by atoms with van der Waals surface area (Å²) in [5.74, 6) is -4.69. The minimum Gasteiger partial charge on any atom is -0.465 e. The zero-order chi connectivity index (χ0) is 39.6. The number of ether oxygens (including phenoxy) is 7. The van der Waals surface area contributed by atoms with Crippen LogP contribution >= 0.6 is 15.9 Å². The molecule has 0 bridgehead atoms. The number of para-hydroxylation sites is 2. The van der Waals surface area contributed by atoms with E-state index in [0.717, 1.165) is 18.2 Å². The minimum absolute atomic E-state index is 0.00114. The molecule has 0 fully saturated rings. The molecule has 53 heavy (non-hydrogen) atoms. The number of aliphatic hydroxyl groups is 2. The van der Waals surface area contributed by atoms with Crippen molar-refractivity contribution in [2.75, 3.05) is 51.6 Å². The van der Waals surface area contributed by atoms with Crippen LogP contribution in [0, 0.1) is 5.41 Å². The number of alkyl halides is 1. The highest BCUT2D eigenvalue weighted by Crippen LogP contribution is 2.23. The van der Waals surface area contributed by atoms with Crippen molar-refractivity contribution >= 4 is 57.7 Å². The van der Waals surface area contributed by atoms with E-state index in [0.29, 0.717) is 12.8 Å². The van der Waals surface area contributed by atoms with E-state index < -0.39 is 73.6 Å². The van der Waals surface area contributed by atoms with Crippen LogP contribution in [-0.4, -0.2) is 104 Å². The standard InChI is InChI=1S/C21H28O10.C15H17BrO6/c1-3-21(13-22,14-23)20(27)29-11-7-6-10-28-18(25)12-30-19(26)16-8-4-5-9-17(16)31-15(2)24;1-11(17)22-13-7-3-2-6-12(13)15(19)21-10-14(18)20-9-5-4-8-16/h4-5,8-9,22-23H,3,6-7,10-14H2,1-2H3;2-3,6-7H,4-5,8-10H2,1H3. The molecule has 17 heteroatoms. The molecule has 0 amide bonds. The number of aliphatic hydroxyl groups excluding tert-OH is 2. The average Bonchev–Trinajstić information content (AvgIpc) is 3.14. The molecule has 0 saturated heterocycles. The Morgan fingerprint density at radius 3 is 1.38 bits per heavy atom. The molecule has 2 rings (SSSR count). The Balaban J connectivity index is 0.000000561. The lowest BCUT2D eigenvalue weighted by molar-refractivity contribution is -0.162. The predicted octanol–water partition coefficient (Wildman–Crippen LogP) is 3.50. The number of unbranched alkanes of at least 4 members (excludes halogenated alkanes) is 2. The van der Waals surface area contributed by atoms with Gasteiger partial charge < -0.3 is 43.4 Å². The van der Waals surface area contributed by atoms with Crippen LogP contribution in [0.2, 0.25) is 0 Å². The van der Waals surface area contributed by atoms with E-state index in [1.54, 1.807) is 31.2 Å². The Hall–Kier alpha value is -4.87. The summed E-state index contributed by atoms with van der Waals surface area (Å²) < 4.78 is 34.4. The maximum absolute atomic E-state index is 12.1. The molecule has 292 valence electrons. The third kappa shape index (κ3) is 17.9. The van der Waals surface area contributed by atoms with Crippen LogP contribution in [0.3, 0.4) is 0 Å². The molecule has 2 aromatic rings. The monoisotopic (exact) mass is 812 g/mol. The topological polar surface area (TPSA) is 225 Å². The lowest BCUT2D eigenvalue weighted by Crippen LogP contribution is -2.39. The van der Waals surface area contributed by atoms with E-state index in [-0.39, 0.29) is 48.9 Å². The molecule has 0 radical (unpaired) electrons. The van der Waals surface area contributed by atoms with Gasteiger partial charge in [0, 0.05) is 19.2 Å². The number of hydrogen-bond acceptors (Lipinski definition) is 16. The third-order valence-electron chi connectivity index (χ3n) is 6.90. The first kappa shape index (κ1) is 46.2. The number of benzene rings is 2. The average molecular weight is 814 g/mol. The summed E-state index contributed by atoms with van der Waals surface area (Å²) in [6.07, 6.45) is 2.65. The largest absolute Gasteiger partial charge is 0.465 e. The molecular weight excluding hydrogens is 768 g/mol. The number of esters is 7. The van der Waals surface area contributed by atoms with E-state index in [9.17, 15) is 43.8 Å². The molecule has 0 aliphatic carbocycles. The van der Waals surface area contributed by atoms with Crippen LogP contribution in [0.5, 0.6) is 11.5 Å². The second kappa shape index (κ2) is 26.0. The fourth-order valence-electron chi connectivity index (χ4n) is 3.88. The quantitative estimate of drug-likeness (QED) is 0.0605. The van der Waals surface area contributed by atoms with Crippen molar-refractivity contribution < 1.29 is 76.9 Å². The summed E-state index contributed by atoms with van der Waals surface area (Å²) in [5.41, 5.74) is -1.24. The molecule has 0 heterocycles. The Bertz CT molecular complexity index is 1500. The van der Waals surface area contributed by atoms with Crippen LogP contribution in [0.15, 0.2) is 48.5 Å². The number of rotatable bonds is 21. The number of hydrogen-bond donors (Lipinski definition) is 2. The lowest BCUT2D eigenvalue weighted by Gasteiger charge is -2.25. The van der Waals surface area contributed by atoms with Crippen molar-refractivity contribution in [3.8, 4) is 11.5 Å². The fraction of sp³-hybridized carbons (Fsp3) is 0.472. The van der Waals surface area contributed by atoms with E-state index >= 15 is 0 Å². The van der Waals surface area contributed by atoms with Gasteiger partial charge in [0.05, 0.1) is 33.0 Å². The van der Waals surface area contributed by atoms with Crippen LogP contribution in [0.25, 0.3) is 0 Å². The minimum atomic E-state index is -1.32. The van der Waals surface area contributed by atoms with Gasteiger partial charge in [0.1, 0.15) is 28.0 Å². The Kier molecular flexibility index (Phi) is 22.6. The second-order valence-corrected chi connectivity index (χ2v) is 11.8. The molecule has 2 aromatic carbocycles. The summed E-state index contributed by atoms with van der Waals surface area (Å²) in [4.78, 5) is 81.1. The van der Waals surface area contributed by atoms with Crippen molar-refractivity contribution in [1.29, 1.82) is 0 Å². The normalized spacial score (nSPS) is 10.5. The summed E-state index contributed by atoms with van der Waals surface area (Å²) in [6.45, 7) is 2.31. The van der Waals surface area contributed by atoms with E-state index in [1.165, 1.54) is 38.1 Å². The van der Waals surface area contributed by atoms with Gasteiger partial charge in [-0.25, -0.2) is 19.2 Å². The highest BCUT2D eigenvalue weighted by atomic mass is 79.9. The highest BCUT2D eigenvalue weighted by Gasteiger charge is 2.37. The number of carbonyl (C=O) groups is 7. The highest BCUT2D eigenvalue weighted by molar-refractivity contribution is 9.09. The van der Waals surface area contributed by atoms with Crippen molar-refractivity contribution in [2.24, 2.45) is 5.41 Å². The summed E-state index contributed by atoms with van der Waals surface area (Å²) in [5, 5.41) is 19.4. The van der Waals surface area contributed by atoms with Gasteiger partial charge in [-0.1, -0.05) is 47.1 Å². The van der Waals surface area contributed by atoms with Gasteiger partial charge in [-0.05, 0) is 56.4 Å². The van der Waals surface area contributed by atoms with E-state index in [1.807, 2.05) is 0 Å². The zero-order valence-electron chi connectivity index (χ0n) is 29.8. The maximum atomic E-state index is 12.1. The smallest absolute Gasteiger partial charge is 0.344 e. The van der Waals surface area contributed by atoms with Crippen LogP contribution in [0.4, 0.5) is 0 Å². The number of carbonyl (C=O) groups excluding carboxylic acids is 7. The first-order valence-corrected chi connectivity index (χ1v) is 17.6. The van der Waals surface area contributed by atoms with Gasteiger partial charge >= 0.3 is 41.8 Å². The zero-order valence-corrected chi connectivity index (χ0v) is 31.4. The van der Waals surface area contributed by atoms with Crippen molar-refractivity contribution in [3.63, 3.8) is 0 Å². The SMILES string of the molecule is CC(=O)Oc1ccccc1C(=O)OCC(=O)OCCCCBr.CCC(CO)(CO)C(=O)OCCCCOC(=O)COC(=O)c1ccccc1OC(C)=O. The molecule has 0 saturated carbocycles. The van der Waals surface area contributed by atoms with Crippen molar-refractivity contribution in [1.82, 2.24) is 0 Å². The predicted molar refractivity (Wildman–Crippen MR) is 188 cm³/mol. The molecular formula is C36H45BrO16. The molecule has 0 spiro atoms. The van der Waals surface area contributed by atoms with Crippen LogP contribution < -0.4 is 9.47 Å². The van der Waals surface area contributed by atoms with Gasteiger partial charge in [-0.2, -0.15) is 0 Å². The molecule has 0 unspecified atom stereocenters. The van der Waals surface area contributed by atoms with Crippen molar-refractivity contribution in [2.45, 2.75) is 52.9 Å². The van der Waals surface area contributed by atoms with Gasteiger partial charge in [0.25, 0.3) is 0 Å². The Labute approximate surface area is 315 Å². The van der Waals surface area contributed by atoms with Gasteiger partial charge in [-0.3, -0.25) is 14.4 Å². The fourth-order valence-corrected chi connectivity index (χ4v) is 4.28. The second-order valence-electron chi connectivity index (χ2n) is 11.0. The Morgan fingerprint density at radius 2 is 1.00 bits per heavy atom. The maximum Gasteiger partial charge on any atom is 0.344 e. The first-order valence-electron chi connectivity index (χ1n) is 16.5. The van der Waals surface area contributed by atoms with Gasteiger partial charge in [0.2, 0.25) is 0 Å². The first-order chi connectivity index (χ1) is 25.3. The van der Waals surface area contributed by atoms with E-state index in [4.69, 9.17) is 33.2 Å². The molecule has 16 nitrogen and oxygen atoms in total. The summed E-state index contributed by atoms with van der Waals surface area (Å²) in [7, 11) is 0. The van der Waals surface area contributed by atoms with Gasteiger partial charge in [-0.15, -0.1) is 0 Å². The number of halogens is 1. The summed E-state index contributed by atoms with van der Waals surface area (Å²) in [6, 6.07) is 12.1. The third-order valence-corrected chi connectivity index (χ3v) is 7.47. The molecule has 0 atom stereocenters. The molecule has 0 aromatic heterocycles. The Morgan fingerprint density at radius 1 is 0.604 bits per heavy atom. The van der Waals surface area contributed by atoms with Crippen LogP contribution in [0.1, 0.15) is 73.6 Å². The van der Waals surface area contributed by atoms with Gasteiger partial charge in [0.15, 0.2) is 13.2 Å². The molecule has 2 N–H and O–H groups in total. The molecule has 0 aliphatic rings. The van der Waals surface area contributed by atoms with Crippen molar-refractivity contribution in [3.05, 3.63) is 59.7 Å². The van der Waals surface area contributed by atoms with E-state index in [2.05, 4.69) is 15.9 Å².